The average molecular weight is 109 g/mol. The van der Waals surface area contributed by atoms with Crippen molar-refractivity contribution in [1.29, 1.82) is 0 Å². The summed E-state index contributed by atoms with van der Waals surface area (Å²) in [5.41, 5.74) is 0. The van der Waals surface area contributed by atoms with Crippen LogP contribution in [0.2, 0.25) is 0 Å². The topological polar surface area (TPSA) is 35.0 Å². The van der Waals surface area contributed by atoms with Crippen LogP contribution in [0.4, 0.5) is 0 Å². The molecule has 0 bridgehead atoms. The second-order valence-corrected chi connectivity index (χ2v) is 0. The SMILES string of the molecule is C.N.[Si].[Ti]. The van der Waals surface area contributed by atoms with Crippen LogP contribution in [0.15, 0.2) is 0 Å². The standard InChI is InChI=1S/CH4.H3N.Si.Ti/h1H4;1H3;;. The molecular formula is CH7NSiTi. The van der Waals surface area contributed by atoms with Gasteiger partial charge < -0.3 is 6.15 Å². The zero-order valence-corrected chi connectivity index (χ0v) is 4.27. The van der Waals surface area contributed by atoms with E-state index in [1.807, 2.05) is 0 Å². The van der Waals surface area contributed by atoms with Crippen molar-refractivity contribution in [2.75, 3.05) is 0 Å². The summed E-state index contributed by atoms with van der Waals surface area (Å²) in [6, 6.07) is 0. The molecular weight excluding hydrogens is 102 g/mol. The summed E-state index contributed by atoms with van der Waals surface area (Å²) in [5.74, 6) is 0. The van der Waals surface area contributed by atoms with Crippen LogP contribution in [0.1, 0.15) is 7.43 Å². The van der Waals surface area contributed by atoms with Crippen molar-refractivity contribution in [2.24, 2.45) is 0 Å². The number of rotatable bonds is 0. The van der Waals surface area contributed by atoms with Gasteiger partial charge in [0.2, 0.25) is 0 Å². The fourth-order valence-corrected chi connectivity index (χ4v) is 0. The van der Waals surface area contributed by atoms with Gasteiger partial charge in [0, 0.05) is 32.7 Å². The molecule has 0 heterocycles. The van der Waals surface area contributed by atoms with Gasteiger partial charge in [-0.05, 0) is 0 Å². The maximum Gasteiger partial charge on any atom is 0 e. The molecule has 0 aromatic heterocycles. The molecule has 0 spiro atoms. The molecule has 4 heavy (non-hydrogen) atoms. The maximum absolute atomic E-state index is 0. The number of hydrogen-bond donors (Lipinski definition) is 1. The second-order valence-electron chi connectivity index (χ2n) is 0. The molecule has 0 unspecified atom stereocenters. The summed E-state index contributed by atoms with van der Waals surface area (Å²) >= 11 is 0. The first-order valence-corrected chi connectivity index (χ1v) is 0. The van der Waals surface area contributed by atoms with Crippen molar-refractivity contribution in [3.05, 3.63) is 0 Å². The van der Waals surface area contributed by atoms with Crippen LogP contribution >= 0.6 is 0 Å². The van der Waals surface area contributed by atoms with Gasteiger partial charge in [-0.1, -0.05) is 7.43 Å². The van der Waals surface area contributed by atoms with Crippen molar-refractivity contribution < 1.29 is 21.7 Å². The summed E-state index contributed by atoms with van der Waals surface area (Å²) < 4.78 is 0. The molecule has 0 rings (SSSR count). The van der Waals surface area contributed by atoms with E-state index < -0.39 is 0 Å². The average Bonchev–Trinajstić information content (AvgIpc) is 0. The van der Waals surface area contributed by atoms with Crippen LogP contribution < -0.4 is 6.15 Å². The molecule has 3 heteroatoms. The van der Waals surface area contributed by atoms with Gasteiger partial charge in [-0.15, -0.1) is 0 Å². The van der Waals surface area contributed by atoms with E-state index in [2.05, 4.69) is 0 Å². The van der Waals surface area contributed by atoms with Gasteiger partial charge in [0.1, 0.15) is 0 Å². The third kappa shape index (κ3) is 13.0. The van der Waals surface area contributed by atoms with Crippen molar-refractivity contribution in [1.82, 2.24) is 6.15 Å². The molecule has 0 saturated heterocycles. The predicted octanol–water partition coefficient (Wildman–Crippen LogP) is 0.415. The third-order valence-electron chi connectivity index (χ3n) is 0. The molecule has 3 N–H and O–H groups in total. The van der Waals surface area contributed by atoms with Gasteiger partial charge in [-0.2, -0.15) is 0 Å². The zero-order valence-electron chi connectivity index (χ0n) is 1.71. The maximum atomic E-state index is 0. The van der Waals surface area contributed by atoms with E-state index in [9.17, 15) is 0 Å². The van der Waals surface area contributed by atoms with E-state index in [-0.39, 0.29) is 46.3 Å². The molecule has 0 aliphatic carbocycles. The summed E-state index contributed by atoms with van der Waals surface area (Å²) in [6.45, 7) is 0. The Balaban J connectivity index is 0. The largest absolute Gasteiger partial charge is 0.344 e. The van der Waals surface area contributed by atoms with Gasteiger partial charge in [-0.3, -0.25) is 0 Å². The molecule has 24 valence electrons. The Bertz CT molecular complexity index is 8.00. The molecule has 4 radical (unpaired) electrons. The normalized spacial score (nSPS) is 0. The molecule has 0 aromatic carbocycles. The van der Waals surface area contributed by atoms with Crippen molar-refractivity contribution in [3.63, 3.8) is 0 Å². The van der Waals surface area contributed by atoms with Crippen molar-refractivity contribution in [3.8, 4) is 0 Å². The van der Waals surface area contributed by atoms with Crippen LogP contribution in [-0.2, 0) is 21.7 Å². The van der Waals surface area contributed by atoms with Crippen LogP contribution in [0.3, 0.4) is 0 Å². The van der Waals surface area contributed by atoms with Crippen LogP contribution in [0.25, 0.3) is 0 Å². The summed E-state index contributed by atoms with van der Waals surface area (Å²) in [6.07, 6.45) is 0. The molecule has 0 aromatic rings. The van der Waals surface area contributed by atoms with Gasteiger partial charge in [0.05, 0.1) is 0 Å². The first-order chi connectivity index (χ1) is 0. The summed E-state index contributed by atoms with van der Waals surface area (Å²) in [5, 5.41) is 0. The van der Waals surface area contributed by atoms with Gasteiger partial charge >= 0.3 is 0 Å². The summed E-state index contributed by atoms with van der Waals surface area (Å²) in [4.78, 5) is 0. The minimum Gasteiger partial charge on any atom is -0.344 e. The van der Waals surface area contributed by atoms with Gasteiger partial charge in [-0.25, -0.2) is 0 Å². The van der Waals surface area contributed by atoms with Crippen molar-refractivity contribution >= 4 is 11.0 Å². The Hall–Kier alpha value is 0.891. The van der Waals surface area contributed by atoms with Crippen molar-refractivity contribution in [2.45, 2.75) is 7.43 Å². The Labute approximate surface area is 46.7 Å². The van der Waals surface area contributed by atoms with E-state index >= 15 is 0 Å². The molecule has 1 nitrogen and oxygen atoms in total. The van der Waals surface area contributed by atoms with Crippen LogP contribution in [0.5, 0.6) is 0 Å². The Morgan fingerprint density at radius 3 is 1.00 bits per heavy atom. The minimum absolute atomic E-state index is 0. The second kappa shape index (κ2) is 41.0. The first kappa shape index (κ1) is 93.3. The predicted molar refractivity (Wildman–Crippen MR) is 17.5 cm³/mol. The Morgan fingerprint density at radius 2 is 1.00 bits per heavy atom. The van der Waals surface area contributed by atoms with Crippen LogP contribution in [0, 0.1) is 0 Å². The zero-order chi connectivity index (χ0) is 0. The summed E-state index contributed by atoms with van der Waals surface area (Å²) in [7, 11) is 0. The molecule has 0 atom stereocenters. The van der Waals surface area contributed by atoms with E-state index in [1.54, 1.807) is 0 Å². The first-order valence-electron chi connectivity index (χ1n) is 0. The van der Waals surface area contributed by atoms with E-state index in [0.29, 0.717) is 0 Å². The molecule has 0 fully saturated rings. The fraction of sp³-hybridized carbons (Fsp3) is 1.00. The quantitative estimate of drug-likeness (QED) is 0.449. The van der Waals surface area contributed by atoms with Crippen LogP contribution in [-0.4, -0.2) is 11.0 Å². The third-order valence-corrected chi connectivity index (χ3v) is 0. The van der Waals surface area contributed by atoms with E-state index in [1.165, 1.54) is 0 Å². The monoisotopic (exact) mass is 109 g/mol. The molecule has 0 amide bonds. The van der Waals surface area contributed by atoms with E-state index in [4.69, 9.17) is 0 Å². The van der Waals surface area contributed by atoms with E-state index in [0.717, 1.165) is 0 Å². The Kier molecular flexibility index (Phi) is 955. The van der Waals surface area contributed by atoms with Gasteiger partial charge in [0.25, 0.3) is 0 Å². The molecule has 0 aliphatic rings. The smallest absolute Gasteiger partial charge is 0 e. The molecule has 0 aliphatic heterocycles. The van der Waals surface area contributed by atoms with Gasteiger partial charge in [0.15, 0.2) is 0 Å². The minimum atomic E-state index is 0. The molecule has 0 saturated carbocycles. The number of hydrogen-bond acceptors (Lipinski definition) is 1. The Morgan fingerprint density at radius 1 is 1.00 bits per heavy atom. The fourth-order valence-electron chi connectivity index (χ4n) is 0.